The minimum absolute atomic E-state index is 0.0580. The van der Waals surface area contributed by atoms with Crippen molar-refractivity contribution in [1.82, 2.24) is 9.80 Å². The number of hydrogen-bond acceptors (Lipinski definition) is 3. The van der Waals surface area contributed by atoms with Crippen molar-refractivity contribution in [3.63, 3.8) is 0 Å². The third kappa shape index (κ3) is 4.35. The number of carbonyl (C=O) groups is 3. The molecule has 0 bridgehead atoms. The van der Waals surface area contributed by atoms with Crippen molar-refractivity contribution in [1.29, 1.82) is 0 Å². The Balaban J connectivity index is 1.27. The molecular formula is C23H24FN3O3. The van der Waals surface area contributed by atoms with E-state index in [9.17, 15) is 18.8 Å². The molecule has 0 unspecified atom stereocenters. The van der Waals surface area contributed by atoms with Gasteiger partial charge in [0.1, 0.15) is 5.82 Å². The van der Waals surface area contributed by atoms with Gasteiger partial charge in [-0.2, -0.15) is 0 Å². The van der Waals surface area contributed by atoms with Gasteiger partial charge in [0.25, 0.3) is 0 Å². The van der Waals surface area contributed by atoms with Crippen molar-refractivity contribution >= 4 is 23.4 Å². The summed E-state index contributed by atoms with van der Waals surface area (Å²) >= 11 is 0. The van der Waals surface area contributed by atoms with Crippen LogP contribution >= 0.6 is 0 Å². The van der Waals surface area contributed by atoms with E-state index in [0.717, 1.165) is 11.3 Å². The van der Waals surface area contributed by atoms with E-state index in [0.29, 0.717) is 38.0 Å². The number of Topliss-reactive ketones (excluding diaryl/α,β-unsaturated/α-hetero) is 1. The van der Waals surface area contributed by atoms with Crippen LogP contribution in [0.3, 0.4) is 0 Å². The Kier molecular flexibility index (Phi) is 5.79. The first-order valence-electron chi connectivity index (χ1n) is 10.2. The standard InChI is InChI=1S/C23H24FN3O3/c24-18-7-5-16(6-8-18)21(28)9-10-22(29)26-13-11-19(12-14-26)27-15-17-3-1-2-4-20(17)25-23(27)30/h1-8,19H,9-15H2,(H,25,30). The molecule has 0 radical (unpaired) electrons. The summed E-state index contributed by atoms with van der Waals surface area (Å²) in [6, 6.07) is 13.1. The molecule has 0 aromatic heterocycles. The van der Waals surface area contributed by atoms with Crippen LogP contribution in [0.1, 0.15) is 41.6 Å². The number of fused-ring (bicyclic) bond motifs is 1. The predicted octanol–water partition coefficient (Wildman–Crippen LogP) is 3.83. The summed E-state index contributed by atoms with van der Waals surface area (Å²) in [4.78, 5) is 40.8. The second kappa shape index (κ2) is 8.65. The second-order valence-electron chi connectivity index (χ2n) is 7.76. The molecule has 1 N–H and O–H groups in total. The van der Waals surface area contributed by atoms with Gasteiger partial charge in [-0.1, -0.05) is 18.2 Å². The zero-order valence-electron chi connectivity index (χ0n) is 16.6. The number of hydrogen-bond donors (Lipinski definition) is 1. The summed E-state index contributed by atoms with van der Waals surface area (Å²) in [5, 5.41) is 2.94. The summed E-state index contributed by atoms with van der Waals surface area (Å²) in [5.41, 5.74) is 2.37. The number of ketones is 1. The van der Waals surface area contributed by atoms with Gasteiger partial charge >= 0.3 is 6.03 Å². The summed E-state index contributed by atoms with van der Waals surface area (Å²) in [5.74, 6) is -0.615. The molecule has 30 heavy (non-hydrogen) atoms. The van der Waals surface area contributed by atoms with E-state index in [1.807, 2.05) is 29.2 Å². The maximum atomic E-state index is 13.0. The number of rotatable bonds is 5. The molecule has 2 heterocycles. The molecule has 4 rings (SSSR count). The highest BCUT2D eigenvalue weighted by Crippen LogP contribution is 2.27. The first-order valence-corrected chi connectivity index (χ1v) is 10.2. The third-order valence-electron chi connectivity index (χ3n) is 5.85. The topological polar surface area (TPSA) is 69.7 Å². The van der Waals surface area contributed by atoms with Crippen LogP contribution < -0.4 is 5.32 Å². The Labute approximate surface area is 174 Å². The van der Waals surface area contributed by atoms with E-state index in [4.69, 9.17) is 0 Å². The highest BCUT2D eigenvalue weighted by Gasteiger charge is 2.32. The Hall–Kier alpha value is -3.22. The number of piperidine rings is 1. The number of anilines is 1. The molecular weight excluding hydrogens is 385 g/mol. The summed E-state index contributed by atoms with van der Waals surface area (Å²) in [6.07, 6.45) is 1.68. The van der Waals surface area contributed by atoms with Crippen LogP contribution in [0.4, 0.5) is 14.9 Å². The minimum Gasteiger partial charge on any atom is -0.343 e. The number of carbonyl (C=O) groups excluding carboxylic acids is 3. The molecule has 1 saturated heterocycles. The Morgan fingerprint density at radius 2 is 1.70 bits per heavy atom. The van der Waals surface area contributed by atoms with Crippen molar-refractivity contribution < 1.29 is 18.8 Å². The lowest BCUT2D eigenvalue weighted by atomic mass is 10.00. The number of likely N-dealkylation sites (tertiary alicyclic amines) is 1. The van der Waals surface area contributed by atoms with Gasteiger partial charge in [0.15, 0.2) is 5.78 Å². The number of benzene rings is 2. The SMILES string of the molecule is O=C(CCC(=O)N1CCC(N2Cc3ccccc3NC2=O)CC1)c1ccc(F)cc1. The normalized spacial score (nSPS) is 16.8. The lowest BCUT2D eigenvalue weighted by Crippen LogP contribution is -2.51. The molecule has 2 aromatic rings. The van der Waals surface area contributed by atoms with Crippen LogP contribution in [0, 0.1) is 5.82 Å². The maximum Gasteiger partial charge on any atom is 0.322 e. The lowest BCUT2D eigenvalue weighted by molar-refractivity contribution is -0.132. The zero-order chi connectivity index (χ0) is 21.1. The summed E-state index contributed by atoms with van der Waals surface area (Å²) in [7, 11) is 0. The molecule has 156 valence electrons. The molecule has 0 saturated carbocycles. The van der Waals surface area contributed by atoms with Gasteiger partial charge < -0.3 is 15.1 Å². The number of para-hydroxylation sites is 1. The fourth-order valence-corrected chi connectivity index (χ4v) is 4.10. The van der Waals surface area contributed by atoms with E-state index >= 15 is 0 Å². The largest absolute Gasteiger partial charge is 0.343 e. The van der Waals surface area contributed by atoms with Crippen molar-refractivity contribution in [2.24, 2.45) is 0 Å². The first kappa shape index (κ1) is 20.1. The Morgan fingerprint density at radius 3 is 2.43 bits per heavy atom. The third-order valence-corrected chi connectivity index (χ3v) is 5.85. The summed E-state index contributed by atoms with van der Waals surface area (Å²) < 4.78 is 13.0. The average Bonchev–Trinajstić information content (AvgIpc) is 2.77. The quantitative estimate of drug-likeness (QED) is 0.763. The molecule has 0 spiro atoms. The van der Waals surface area contributed by atoms with Crippen LogP contribution in [0.25, 0.3) is 0 Å². The molecule has 0 atom stereocenters. The van der Waals surface area contributed by atoms with Gasteiger partial charge in [0, 0.05) is 49.8 Å². The van der Waals surface area contributed by atoms with Crippen molar-refractivity contribution in [3.05, 3.63) is 65.5 Å². The molecule has 3 amide bonds. The fraction of sp³-hybridized carbons (Fsp3) is 0.348. The van der Waals surface area contributed by atoms with Crippen molar-refractivity contribution in [2.75, 3.05) is 18.4 Å². The van der Waals surface area contributed by atoms with Gasteiger partial charge in [-0.25, -0.2) is 9.18 Å². The van der Waals surface area contributed by atoms with Crippen LogP contribution in [0.15, 0.2) is 48.5 Å². The highest BCUT2D eigenvalue weighted by atomic mass is 19.1. The smallest absolute Gasteiger partial charge is 0.322 e. The number of amides is 3. The van der Waals surface area contributed by atoms with Crippen molar-refractivity contribution in [2.45, 2.75) is 38.3 Å². The van der Waals surface area contributed by atoms with Gasteiger partial charge in [-0.15, -0.1) is 0 Å². The van der Waals surface area contributed by atoms with Gasteiger partial charge in [0.05, 0.1) is 0 Å². The number of nitrogens with one attached hydrogen (secondary N) is 1. The van der Waals surface area contributed by atoms with Gasteiger partial charge in [-0.3, -0.25) is 9.59 Å². The van der Waals surface area contributed by atoms with Crippen LogP contribution in [0.2, 0.25) is 0 Å². The van der Waals surface area contributed by atoms with E-state index in [1.54, 1.807) is 4.90 Å². The summed E-state index contributed by atoms with van der Waals surface area (Å²) in [6.45, 7) is 1.71. The predicted molar refractivity (Wildman–Crippen MR) is 111 cm³/mol. The van der Waals surface area contributed by atoms with E-state index in [2.05, 4.69) is 5.32 Å². The first-order chi connectivity index (χ1) is 14.5. The maximum absolute atomic E-state index is 13.0. The minimum atomic E-state index is -0.392. The lowest BCUT2D eigenvalue weighted by Gasteiger charge is -2.40. The van der Waals surface area contributed by atoms with E-state index < -0.39 is 5.82 Å². The highest BCUT2D eigenvalue weighted by molar-refractivity contribution is 5.98. The molecule has 2 aliphatic heterocycles. The van der Waals surface area contributed by atoms with Crippen LogP contribution in [-0.2, 0) is 11.3 Å². The molecule has 7 heteroatoms. The van der Waals surface area contributed by atoms with Gasteiger partial charge in [0.2, 0.25) is 5.91 Å². The van der Waals surface area contributed by atoms with E-state index in [1.165, 1.54) is 24.3 Å². The molecule has 2 aromatic carbocycles. The average molecular weight is 409 g/mol. The number of halogens is 1. The number of urea groups is 1. The monoisotopic (exact) mass is 409 g/mol. The van der Waals surface area contributed by atoms with Gasteiger partial charge in [-0.05, 0) is 48.7 Å². The molecule has 6 nitrogen and oxygen atoms in total. The second-order valence-corrected chi connectivity index (χ2v) is 7.76. The number of nitrogens with zero attached hydrogens (tertiary/aromatic N) is 2. The Bertz CT molecular complexity index is 952. The molecule has 2 aliphatic rings. The fourth-order valence-electron chi connectivity index (χ4n) is 4.10. The molecule has 0 aliphatic carbocycles. The molecule has 1 fully saturated rings. The van der Waals surface area contributed by atoms with Crippen molar-refractivity contribution in [3.8, 4) is 0 Å². The van der Waals surface area contributed by atoms with Crippen LogP contribution in [0.5, 0.6) is 0 Å². The Morgan fingerprint density at radius 1 is 1.00 bits per heavy atom. The van der Waals surface area contributed by atoms with E-state index in [-0.39, 0.29) is 36.6 Å². The van der Waals surface area contributed by atoms with Crippen LogP contribution in [-0.4, -0.2) is 46.7 Å². The zero-order valence-corrected chi connectivity index (χ0v) is 16.6.